The molecule has 7 heteroatoms. The lowest BCUT2D eigenvalue weighted by atomic mass is 10.1. The minimum atomic E-state index is -0.831. The van der Waals surface area contributed by atoms with Crippen LogP contribution in [0.15, 0.2) is 30.3 Å². The molecule has 0 spiro atoms. The van der Waals surface area contributed by atoms with Crippen molar-refractivity contribution in [2.24, 2.45) is 5.73 Å². The Labute approximate surface area is 135 Å². The van der Waals surface area contributed by atoms with Crippen LogP contribution in [0.4, 0.5) is 4.79 Å². The number of hydrogen-bond donors (Lipinski definition) is 3. The number of carbonyl (C=O) groups is 3. The molecule has 1 aromatic carbocycles. The summed E-state index contributed by atoms with van der Waals surface area (Å²) in [5, 5.41) is 4.83. The molecule has 0 saturated heterocycles. The van der Waals surface area contributed by atoms with Gasteiger partial charge in [-0.05, 0) is 12.0 Å². The zero-order chi connectivity index (χ0) is 17.1. The SMILES string of the molecule is CCCCOC(=O)NCC(=O)N[C@@H](Cc1ccccc1)C(N)=O. The Morgan fingerprint density at radius 3 is 2.52 bits per heavy atom. The maximum Gasteiger partial charge on any atom is 0.407 e. The molecule has 0 aromatic heterocycles. The standard InChI is InChI=1S/C16H23N3O4/c1-2-3-9-23-16(22)18-11-14(20)19-13(15(17)21)10-12-7-5-4-6-8-12/h4-8,13H,2-3,9-11H2,1H3,(H2,17,21)(H,18,22)(H,19,20)/t13-/m0/s1. The Hall–Kier alpha value is -2.57. The van der Waals surface area contributed by atoms with Crippen LogP contribution in [0.25, 0.3) is 0 Å². The van der Waals surface area contributed by atoms with Crippen molar-refractivity contribution in [2.75, 3.05) is 13.2 Å². The number of amides is 3. The molecular weight excluding hydrogens is 298 g/mol. The Kier molecular flexibility index (Phi) is 8.20. The highest BCUT2D eigenvalue weighted by atomic mass is 16.5. The van der Waals surface area contributed by atoms with E-state index in [1.807, 2.05) is 37.3 Å². The number of rotatable bonds is 9. The fourth-order valence-corrected chi connectivity index (χ4v) is 1.83. The minimum absolute atomic E-state index is 0.274. The Morgan fingerprint density at radius 2 is 1.91 bits per heavy atom. The van der Waals surface area contributed by atoms with E-state index in [9.17, 15) is 14.4 Å². The smallest absolute Gasteiger partial charge is 0.407 e. The van der Waals surface area contributed by atoms with Crippen LogP contribution in [0.3, 0.4) is 0 Å². The summed E-state index contributed by atoms with van der Waals surface area (Å²) < 4.78 is 4.86. The van der Waals surface area contributed by atoms with E-state index < -0.39 is 23.9 Å². The average Bonchev–Trinajstić information content (AvgIpc) is 2.53. The Morgan fingerprint density at radius 1 is 1.22 bits per heavy atom. The predicted molar refractivity (Wildman–Crippen MR) is 85.5 cm³/mol. The molecule has 4 N–H and O–H groups in total. The van der Waals surface area contributed by atoms with Crippen LogP contribution in [-0.2, 0) is 20.7 Å². The van der Waals surface area contributed by atoms with Crippen molar-refractivity contribution in [3.63, 3.8) is 0 Å². The molecule has 0 saturated carbocycles. The van der Waals surface area contributed by atoms with Crippen LogP contribution in [0.5, 0.6) is 0 Å². The first-order valence-electron chi connectivity index (χ1n) is 7.56. The molecule has 3 amide bonds. The van der Waals surface area contributed by atoms with Gasteiger partial charge in [-0.1, -0.05) is 43.7 Å². The maximum absolute atomic E-state index is 11.8. The molecule has 1 aromatic rings. The number of nitrogens with two attached hydrogens (primary N) is 1. The molecule has 0 radical (unpaired) electrons. The molecule has 0 heterocycles. The topological polar surface area (TPSA) is 111 Å². The van der Waals surface area contributed by atoms with Gasteiger partial charge in [0.25, 0.3) is 0 Å². The summed E-state index contributed by atoms with van der Waals surface area (Å²) in [6.07, 6.45) is 1.31. The number of unbranched alkanes of at least 4 members (excludes halogenated alkanes) is 1. The van der Waals surface area contributed by atoms with Gasteiger partial charge in [0.15, 0.2) is 0 Å². The van der Waals surface area contributed by atoms with Crippen molar-refractivity contribution in [3.05, 3.63) is 35.9 Å². The van der Waals surface area contributed by atoms with Crippen LogP contribution >= 0.6 is 0 Å². The van der Waals surface area contributed by atoms with Gasteiger partial charge in [0.1, 0.15) is 12.6 Å². The number of benzene rings is 1. The van der Waals surface area contributed by atoms with Gasteiger partial charge in [0, 0.05) is 6.42 Å². The van der Waals surface area contributed by atoms with Crippen LogP contribution in [0.2, 0.25) is 0 Å². The first-order chi connectivity index (χ1) is 11.0. The van der Waals surface area contributed by atoms with Crippen LogP contribution in [0, 0.1) is 0 Å². The van der Waals surface area contributed by atoms with E-state index in [2.05, 4.69) is 10.6 Å². The lowest BCUT2D eigenvalue weighted by Gasteiger charge is -2.16. The molecule has 0 unspecified atom stereocenters. The van der Waals surface area contributed by atoms with Gasteiger partial charge >= 0.3 is 6.09 Å². The quantitative estimate of drug-likeness (QED) is 0.582. The number of ether oxygens (including phenoxy) is 1. The minimum Gasteiger partial charge on any atom is -0.450 e. The van der Waals surface area contributed by atoms with Crippen LogP contribution in [0.1, 0.15) is 25.3 Å². The average molecular weight is 321 g/mol. The summed E-state index contributed by atoms with van der Waals surface area (Å²) in [5.41, 5.74) is 6.18. The number of primary amides is 1. The normalized spacial score (nSPS) is 11.3. The summed E-state index contributed by atoms with van der Waals surface area (Å²) in [7, 11) is 0. The third-order valence-electron chi connectivity index (χ3n) is 3.09. The number of hydrogen-bond acceptors (Lipinski definition) is 4. The maximum atomic E-state index is 11.8. The summed E-state index contributed by atoms with van der Waals surface area (Å²) in [4.78, 5) is 34.6. The monoisotopic (exact) mass is 321 g/mol. The summed E-state index contributed by atoms with van der Waals surface area (Å²) in [6, 6.07) is 8.38. The molecule has 0 bridgehead atoms. The van der Waals surface area contributed by atoms with E-state index in [1.54, 1.807) is 0 Å². The second kappa shape index (κ2) is 10.2. The number of nitrogens with one attached hydrogen (secondary N) is 2. The summed E-state index contributed by atoms with van der Waals surface area (Å²) in [5.74, 6) is -1.13. The van der Waals surface area contributed by atoms with Gasteiger partial charge in [-0.15, -0.1) is 0 Å². The van der Waals surface area contributed by atoms with E-state index in [0.717, 1.165) is 18.4 Å². The lowest BCUT2D eigenvalue weighted by molar-refractivity contribution is -0.126. The zero-order valence-electron chi connectivity index (χ0n) is 13.2. The molecular formula is C16H23N3O4. The van der Waals surface area contributed by atoms with E-state index in [0.29, 0.717) is 13.0 Å². The van der Waals surface area contributed by atoms with Crippen molar-refractivity contribution >= 4 is 17.9 Å². The largest absolute Gasteiger partial charge is 0.450 e. The predicted octanol–water partition coefficient (Wildman–Crippen LogP) is 0.725. The fourth-order valence-electron chi connectivity index (χ4n) is 1.83. The highest BCUT2D eigenvalue weighted by Gasteiger charge is 2.18. The highest BCUT2D eigenvalue weighted by molar-refractivity contribution is 5.88. The van der Waals surface area contributed by atoms with Crippen molar-refractivity contribution in [2.45, 2.75) is 32.2 Å². The van der Waals surface area contributed by atoms with E-state index in [1.165, 1.54) is 0 Å². The van der Waals surface area contributed by atoms with Gasteiger partial charge in [-0.3, -0.25) is 9.59 Å². The van der Waals surface area contributed by atoms with E-state index in [4.69, 9.17) is 10.5 Å². The molecule has 0 aliphatic carbocycles. The first-order valence-corrected chi connectivity index (χ1v) is 7.56. The van der Waals surface area contributed by atoms with Crippen LogP contribution in [-0.4, -0.2) is 37.1 Å². The van der Waals surface area contributed by atoms with Crippen molar-refractivity contribution < 1.29 is 19.1 Å². The zero-order valence-corrected chi connectivity index (χ0v) is 13.2. The molecule has 0 aliphatic rings. The van der Waals surface area contributed by atoms with E-state index >= 15 is 0 Å². The highest BCUT2D eigenvalue weighted by Crippen LogP contribution is 2.03. The molecule has 126 valence electrons. The van der Waals surface area contributed by atoms with Gasteiger partial charge in [-0.25, -0.2) is 4.79 Å². The summed E-state index contributed by atoms with van der Waals surface area (Å²) >= 11 is 0. The molecule has 7 nitrogen and oxygen atoms in total. The number of carbonyl (C=O) groups excluding carboxylic acids is 3. The van der Waals surface area contributed by atoms with Crippen molar-refractivity contribution in [1.29, 1.82) is 0 Å². The summed E-state index contributed by atoms with van der Waals surface area (Å²) in [6.45, 7) is 2.01. The molecule has 0 fully saturated rings. The molecule has 1 atom stereocenters. The molecule has 0 aliphatic heterocycles. The fraction of sp³-hybridized carbons (Fsp3) is 0.438. The van der Waals surface area contributed by atoms with Gasteiger partial charge in [-0.2, -0.15) is 0 Å². The third kappa shape index (κ3) is 7.85. The van der Waals surface area contributed by atoms with Crippen LogP contribution < -0.4 is 16.4 Å². The molecule has 1 rings (SSSR count). The third-order valence-corrected chi connectivity index (χ3v) is 3.09. The van der Waals surface area contributed by atoms with Crippen molar-refractivity contribution in [3.8, 4) is 0 Å². The Balaban J connectivity index is 2.39. The molecule has 23 heavy (non-hydrogen) atoms. The van der Waals surface area contributed by atoms with Gasteiger partial charge < -0.3 is 21.1 Å². The first kappa shape index (κ1) is 18.5. The van der Waals surface area contributed by atoms with E-state index in [-0.39, 0.29) is 6.54 Å². The Bertz CT molecular complexity index is 519. The van der Waals surface area contributed by atoms with Gasteiger partial charge in [0.05, 0.1) is 6.61 Å². The van der Waals surface area contributed by atoms with Gasteiger partial charge in [0.2, 0.25) is 11.8 Å². The second-order valence-corrected chi connectivity index (χ2v) is 5.06. The second-order valence-electron chi connectivity index (χ2n) is 5.06. The van der Waals surface area contributed by atoms with Crippen molar-refractivity contribution in [1.82, 2.24) is 10.6 Å². The lowest BCUT2D eigenvalue weighted by Crippen LogP contribution is -2.49. The number of alkyl carbamates (subject to hydrolysis) is 1.